The van der Waals surface area contributed by atoms with E-state index in [1.165, 1.54) is 22.6 Å². The van der Waals surface area contributed by atoms with Gasteiger partial charge >= 0.3 is 5.97 Å². The highest BCUT2D eigenvalue weighted by atomic mass is 35.5. The van der Waals surface area contributed by atoms with Gasteiger partial charge in [0.25, 0.3) is 5.56 Å². The fourth-order valence-electron chi connectivity index (χ4n) is 6.95. The van der Waals surface area contributed by atoms with Crippen LogP contribution in [0.15, 0.2) is 72.0 Å². The molecule has 0 spiro atoms. The standard InChI is InChI=1S/C25H26ClFN2O5.C20H22ClFN2O3/c1-2-32-25(31)19-13-18(9-11-34-21-8-3-4-10-33-21)23-28-14-16(15-29(23)24(19)30)12-17-6-5-7-20(26)22(17)27;21-17-5-3-4-15(19(17)22)10-14-11-23-20(24-12-14)16(13-25)7-9-27-18-6-1-2-8-26-18/h5-7,13-15,21H,2-4,8-12H2,1H3;3-5,11-13,16,18H,1-2,6-10H2. The molecule has 5 heterocycles. The van der Waals surface area contributed by atoms with Gasteiger partial charge in [-0.3, -0.25) is 9.20 Å². The molecule has 2 aliphatic heterocycles. The van der Waals surface area contributed by atoms with Crippen LogP contribution in [0.3, 0.4) is 0 Å². The van der Waals surface area contributed by atoms with Crippen LogP contribution in [0.4, 0.5) is 8.78 Å². The van der Waals surface area contributed by atoms with Crippen molar-refractivity contribution in [2.24, 2.45) is 0 Å². The molecule has 7 rings (SSSR count). The van der Waals surface area contributed by atoms with Gasteiger partial charge < -0.3 is 28.5 Å². The third kappa shape index (κ3) is 12.7. The summed E-state index contributed by atoms with van der Waals surface area (Å²) in [5, 5.41) is 0.116. The summed E-state index contributed by atoms with van der Waals surface area (Å²) in [6.45, 7) is 3.97. The zero-order valence-corrected chi connectivity index (χ0v) is 35.3. The second-order valence-electron chi connectivity index (χ2n) is 14.6. The Kier molecular flexibility index (Phi) is 17.2. The van der Waals surface area contributed by atoms with Crippen LogP contribution in [0.1, 0.15) is 102 Å². The average Bonchev–Trinajstić information content (AvgIpc) is 3.28. The van der Waals surface area contributed by atoms with Crippen LogP contribution in [-0.2, 0) is 47.7 Å². The van der Waals surface area contributed by atoms with Gasteiger partial charge in [-0.25, -0.2) is 28.5 Å². The van der Waals surface area contributed by atoms with Crippen LogP contribution in [0.2, 0.25) is 10.0 Å². The topological polar surface area (TPSA) is 140 Å². The number of ether oxygens (including phenoxy) is 5. The lowest BCUT2D eigenvalue weighted by atomic mass is 10.1. The number of carbonyl (C=O) groups is 2. The van der Waals surface area contributed by atoms with Crippen molar-refractivity contribution in [2.75, 3.05) is 33.0 Å². The number of pyridine rings is 1. The molecule has 16 heteroatoms. The molecule has 0 amide bonds. The van der Waals surface area contributed by atoms with Crippen LogP contribution in [-0.4, -0.2) is 77.2 Å². The average molecular weight is 882 g/mol. The Bertz CT molecular complexity index is 2300. The number of nitrogens with zero attached hydrogens (tertiary/aromatic N) is 4. The van der Waals surface area contributed by atoms with Crippen molar-refractivity contribution >= 4 is 41.1 Å². The van der Waals surface area contributed by atoms with E-state index in [2.05, 4.69) is 15.0 Å². The summed E-state index contributed by atoms with van der Waals surface area (Å²) in [6.07, 6.45) is 14.2. The first kappa shape index (κ1) is 45.8. The van der Waals surface area contributed by atoms with Crippen molar-refractivity contribution in [3.8, 4) is 0 Å². The van der Waals surface area contributed by atoms with Crippen LogP contribution in [0.25, 0.3) is 5.65 Å². The molecule has 0 bridgehead atoms. The first-order chi connectivity index (χ1) is 29.6. The maximum Gasteiger partial charge on any atom is 0.343 e. The zero-order valence-electron chi connectivity index (χ0n) is 33.8. The molecule has 2 aromatic carbocycles. The molecule has 3 atom stereocenters. The molecule has 5 aromatic rings. The van der Waals surface area contributed by atoms with Gasteiger partial charge in [-0.1, -0.05) is 47.5 Å². The second kappa shape index (κ2) is 22.9. The Morgan fingerprint density at radius 2 is 1.44 bits per heavy atom. The molecular formula is C45H48Cl2F2N4O8. The number of fused-ring (bicyclic) bond motifs is 1. The highest BCUT2D eigenvalue weighted by molar-refractivity contribution is 6.31. The predicted molar refractivity (Wildman–Crippen MR) is 224 cm³/mol. The minimum absolute atomic E-state index is 0.0252. The SMILES string of the molecule is CCOC(=O)c1cc(CCOC2CCCCO2)c2ncc(Cc3cccc(Cl)c3F)cn2c1=O.O=CC(CCOC1CCCCO1)c1ncc(Cc2cccc(Cl)c2F)cn1. The summed E-state index contributed by atoms with van der Waals surface area (Å²) >= 11 is 11.7. The Morgan fingerprint density at radius 3 is 2.02 bits per heavy atom. The first-order valence-corrected chi connectivity index (χ1v) is 21.2. The monoisotopic (exact) mass is 880 g/mol. The molecule has 2 aliphatic rings. The number of aldehydes is 1. The van der Waals surface area contributed by atoms with Gasteiger partial charge in [0.05, 0.1) is 35.8 Å². The van der Waals surface area contributed by atoms with Crippen LogP contribution >= 0.6 is 23.2 Å². The highest BCUT2D eigenvalue weighted by Gasteiger charge is 2.21. The molecule has 0 saturated carbocycles. The smallest absolute Gasteiger partial charge is 0.343 e. The summed E-state index contributed by atoms with van der Waals surface area (Å²) in [5.41, 5.74) is 2.63. The van der Waals surface area contributed by atoms with E-state index in [4.69, 9.17) is 46.9 Å². The maximum absolute atomic E-state index is 14.4. The van der Waals surface area contributed by atoms with Crippen molar-refractivity contribution in [3.05, 3.63) is 138 Å². The lowest BCUT2D eigenvalue weighted by Gasteiger charge is -2.23. The van der Waals surface area contributed by atoms with Crippen LogP contribution in [0, 0.1) is 11.6 Å². The second-order valence-corrected chi connectivity index (χ2v) is 15.4. The minimum Gasteiger partial charge on any atom is -0.462 e. The van der Waals surface area contributed by atoms with E-state index in [0.29, 0.717) is 72.8 Å². The summed E-state index contributed by atoms with van der Waals surface area (Å²) < 4.78 is 57.4. The van der Waals surface area contributed by atoms with Crippen LogP contribution in [0.5, 0.6) is 0 Å². The molecule has 0 aliphatic carbocycles. The molecule has 2 saturated heterocycles. The molecule has 2 fully saturated rings. The Morgan fingerprint density at radius 1 is 0.852 bits per heavy atom. The number of esters is 1. The van der Waals surface area contributed by atoms with E-state index in [0.717, 1.165) is 57.0 Å². The van der Waals surface area contributed by atoms with Crippen molar-refractivity contribution in [2.45, 2.75) is 89.6 Å². The quantitative estimate of drug-likeness (QED) is 0.0697. The number of hydrogen-bond donors (Lipinski definition) is 0. The minimum atomic E-state index is -0.703. The third-order valence-corrected chi connectivity index (χ3v) is 10.8. The molecule has 0 N–H and O–H groups in total. The van der Waals surface area contributed by atoms with E-state index < -0.39 is 29.1 Å². The van der Waals surface area contributed by atoms with Gasteiger partial charge in [0.1, 0.15) is 35.0 Å². The van der Waals surface area contributed by atoms with Gasteiger partial charge in [-0.2, -0.15) is 0 Å². The molecule has 3 aromatic heterocycles. The van der Waals surface area contributed by atoms with E-state index in [-0.39, 0.29) is 41.2 Å². The van der Waals surface area contributed by atoms with Crippen molar-refractivity contribution in [1.29, 1.82) is 0 Å². The lowest BCUT2D eigenvalue weighted by Crippen LogP contribution is -2.26. The number of halogens is 4. The fraction of sp³-hybridized carbons (Fsp3) is 0.422. The number of aromatic nitrogens is 4. The maximum atomic E-state index is 14.4. The normalized spacial score (nSPS) is 17.0. The van der Waals surface area contributed by atoms with Gasteiger partial charge in [0.15, 0.2) is 12.6 Å². The zero-order chi connectivity index (χ0) is 43.1. The molecule has 0 radical (unpaired) electrons. The summed E-state index contributed by atoms with van der Waals surface area (Å²) in [7, 11) is 0. The van der Waals surface area contributed by atoms with Gasteiger partial charge in [-0.05, 0) is 104 Å². The third-order valence-electron chi connectivity index (χ3n) is 10.2. The predicted octanol–water partition coefficient (Wildman–Crippen LogP) is 8.42. The van der Waals surface area contributed by atoms with Crippen LogP contribution < -0.4 is 5.56 Å². The molecule has 12 nitrogen and oxygen atoms in total. The van der Waals surface area contributed by atoms with Crippen molar-refractivity contribution in [1.82, 2.24) is 19.4 Å². The van der Waals surface area contributed by atoms with E-state index in [1.807, 2.05) is 0 Å². The van der Waals surface area contributed by atoms with Gasteiger partial charge in [0.2, 0.25) is 0 Å². The Labute approximate surface area is 362 Å². The fourth-order valence-corrected chi connectivity index (χ4v) is 7.34. The molecule has 324 valence electrons. The lowest BCUT2D eigenvalue weighted by molar-refractivity contribution is -0.163. The highest BCUT2D eigenvalue weighted by Crippen LogP contribution is 2.23. The van der Waals surface area contributed by atoms with Gasteiger partial charge in [0, 0.05) is 50.8 Å². The van der Waals surface area contributed by atoms with E-state index in [1.54, 1.807) is 56.0 Å². The first-order valence-electron chi connectivity index (χ1n) is 20.4. The Balaban J connectivity index is 0.000000210. The largest absolute Gasteiger partial charge is 0.462 e. The number of carbonyl (C=O) groups excluding carboxylic acids is 2. The Hall–Kier alpha value is -4.70. The van der Waals surface area contributed by atoms with E-state index >= 15 is 0 Å². The van der Waals surface area contributed by atoms with Crippen molar-refractivity contribution in [3.63, 3.8) is 0 Å². The van der Waals surface area contributed by atoms with Crippen molar-refractivity contribution < 1.29 is 42.1 Å². The summed E-state index contributed by atoms with van der Waals surface area (Å²) in [6, 6.07) is 11.2. The van der Waals surface area contributed by atoms with Gasteiger partial charge in [-0.15, -0.1) is 0 Å². The number of rotatable bonds is 16. The number of hydrogen-bond acceptors (Lipinski definition) is 11. The number of benzene rings is 2. The molecular weight excluding hydrogens is 833 g/mol. The van der Waals surface area contributed by atoms with E-state index in [9.17, 15) is 23.2 Å². The molecule has 61 heavy (non-hydrogen) atoms. The molecule has 3 unspecified atom stereocenters. The summed E-state index contributed by atoms with van der Waals surface area (Å²) in [5.74, 6) is -1.65. The summed E-state index contributed by atoms with van der Waals surface area (Å²) in [4.78, 5) is 50.0.